The van der Waals surface area contributed by atoms with Crippen LogP contribution in [0.3, 0.4) is 0 Å². The van der Waals surface area contributed by atoms with Crippen molar-refractivity contribution in [2.75, 3.05) is 13.1 Å². The molecule has 1 aliphatic rings. The van der Waals surface area contributed by atoms with Crippen LogP contribution in [-0.4, -0.2) is 44.1 Å². The van der Waals surface area contributed by atoms with Crippen molar-refractivity contribution in [2.24, 2.45) is 0 Å². The number of fused-ring (bicyclic) bond motifs is 1. The molecule has 0 spiro atoms. The van der Waals surface area contributed by atoms with Crippen molar-refractivity contribution in [3.63, 3.8) is 0 Å². The zero-order valence-electron chi connectivity index (χ0n) is 15.3. The fourth-order valence-electron chi connectivity index (χ4n) is 3.74. The van der Waals surface area contributed by atoms with Crippen LogP contribution in [0.5, 0.6) is 5.75 Å². The SMILES string of the molecule is Cc1nc(CN2CCC(Oc3ccccc3)(C(=O)O)CC2)c2ccccn12. The van der Waals surface area contributed by atoms with E-state index in [9.17, 15) is 9.90 Å². The lowest BCUT2D eigenvalue weighted by Gasteiger charge is -2.38. The van der Waals surface area contributed by atoms with E-state index in [2.05, 4.69) is 15.4 Å². The lowest BCUT2D eigenvalue weighted by atomic mass is 9.91. The van der Waals surface area contributed by atoms with E-state index in [-0.39, 0.29) is 0 Å². The molecule has 0 saturated carbocycles. The summed E-state index contributed by atoms with van der Waals surface area (Å²) >= 11 is 0. The molecular weight excluding hydrogens is 342 g/mol. The molecule has 1 aromatic carbocycles. The molecule has 140 valence electrons. The summed E-state index contributed by atoms with van der Waals surface area (Å²) in [5.41, 5.74) is 0.967. The van der Waals surface area contributed by atoms with Gasteiger partial charge < -0.3 is 14.2 Å². The highest BCUT2D eigenvalue weighted by Gasteiger charge is 2.44. The first-order valence-electron chi connectivity index (χ1n) is 9.20. The van der Waals surface area contributed by atoms with Gasteiger partial charge >= 0.3 is 5.97 Å². The molecule has 1 saturated heterocycles. The standard InChI is InChI=1S/C21H23N3O3/c1-16-22-18(19-9-5-6-12-24(16)19)15-23-13-10-21(11-14-23,20(25)26)27-17-7-3-2-4-8-17/h2-9,12H,10-11,13-15H2,1H3,(H,25,26). The Kier molecular flexibility index (Phi) is 4.58. The molecule has 1 aliphatic heterocycles. The number of hydrogen-bond donors (Lipinski definition) is 1. The minimum atomic E-state index is -1.16. The summed E-state index contributed by atoms with van der Waals surface area (Å²) in [6, 6.07) is 15.3. The Balaban J connectivity index is 1.48. The van der Waals surface area contributed by atoms with Crippen LogP contribution in [-0.2, 0) is 11.3 Å². The van der Waals surface area contributed by atoms with Crippen LogP contribution in [0.2, 0.25) is 0 Å². The number of carboxylic acids is 1. The number of pyridine rings is 1. The van der Waals surface area contributed by atoms with Crippen LogP contribution in [0, 0.1) is 6.92 Å². The number of nitrogens with zero attached hydrogens (tertiary/aromatic N) is 3. The average molecular weight is 365 g/mol. The maximum absolute atomic E-state index is 12.0. The molecule has 4 rings (SSSR count). The van der Waals surface area contributed by atoms with E-state index in [1.807, 2.05) is 43.5 Å². The first-order chi connectivity index (χ1) is 13.1. The number of carbonyl (C=O) groups is 1. The number of benzene rings is 1. The summed E-state index contributed by atoms with van der Waals surface area (Å²) < 4.78 is 8.01. The first kappa shape index (κ1) is 17.5. The summed E-state index contributed by atoms with van der Waals surface area (Å²) in [4.78, 5) is 18.9. The van der Waals surface area contributed by atoms with Gasteiger partial charge in [-0.25, -0.2) is 9.78 Å². The van der Waals surface area contributed by atoms with Gasteiger partial charge in [0, 0.05) is 38.7 Å². The lowest BCUT2D eigenvalue weighted by molar-refractivity contribution is -0.159. The van der Waals surface area contributed by atoms with Crippen molar-refractivity contribution in [1.82, 2.24) is 14.3 Å². The van der Waals surface area contributed by atoms with E-state index in [4.69, 9.17) is 9.72 Å². The van der Waals surface area contributed by atoms with Crippen LogP contribution in [0.4, 0.5) is 0 Å². The van der Waals surface area contributed by atoms with Crippen molar-refractivity contribution in [2.45, 2.75) is 31.9 Å². The van der Waals surface area contributed by atoms with Gasteiger partial charge in [0.15, 0.2) is 0 Å². The summed E-state index contributed by atoms with van der Waals surface area (Å²) in [7, 11) is 0. The number of rotatable bonds is 5. The normalized spacial score (nSPS) is 17.1. The van der Waals surface area contributed by atoms with Crippen LogP contribution in [0.15, 0.2) is 54.7 Å². The summed E-state index contributed by atoms with van der Waals surface area (Å²) in [5, 5.41) is 9.81. The van der Waals surface area contributed by atoms with E-state index in [1.54, 1.807) is 12.1 Å². The van der Waals surface area contributed by atoms with Crippen molar-refractivity contribution in [3.05, 3.63) is 66.2 Å². The van der Waals surface area contributed by atoms with E-state index in [0.29, 0.717) is 38.2 Å². The second-order valence-electron chi connectivity index (χ2n) is 7.05. The number of aromatic nitrogens is 2. The second-order valence-corrected chi connectivity index (χ2v) is 7.05. The van der Waals surface area contributed by atoms with Crippen molar-refractivity contribution >= 4 is 11.5 Å². The molecule has 0 aliphatic carbocycles. The van der Waals surface area contributed by atoms with Crippen molar-refractivity contribution in [1.29, 1.82) is 0 Å². The summed E-state index contributed by atoms with van der Waals surface area (Å²) in [5.74, 6) is 0.670. The lowest BCUT2D eigenvalue weighted by Crippen LogP contribution is -2.53. The number of imidazole rings is 1. The number of aryl methyl sites for hydroxylation is 1. The molecule has 0 radical (unpaired) electrons. The molecule has 1 N–H and O–H groups in total. The van der Waals surface area contributed by atoms with Crippen LogP contribution >= 0.6 is 0 Å². The van der Waals surface area contributed by atoms with E-state index >= 15 is 0 Å². The molecule has 6 nitrogen and oxygen atoms in total. The van der Waals surface area contributed by atoms with Gasteiger partial charge in [0.05, 0.1) is 11.2 Å². The molecule has 0 bridgehead atoms. The van der Waals surface area contributed by atoms with E-state index in [1.165, 1.54) is 0 Å². The van der Waals surface area contributed by atoms with Gasteiger partial charge in [-0.3, -0.25) is 4.90 Å². The number of ether oxygens (including phenoxy) is 1. The number of hydrogen-bond acceptors (Lipinski definition) is 4. The Morgan fingerprint density at radius 3 is 2.56 bits per heavy atom. The van der Waals surface area contributed by atoms with Crippen LogP contribution in [0.1, 0.15) is 24.4 Å². The van der Waals surface area contributed by atoms with Crippen LogP contribution < -0.4 is 4.74 Å². The van der Waals surface area contributed by atoms with Gasteiger partial charge in [-0.2, -0.15) is 0 Å². The first-order valence-corrected chi connectivity index (χ1v) is 9.20. The topological polar surface area (TPSA) is 67.1 Å². The Hall–Kier alpha value is -2.86. The van der Waals surface area contributed by atoms with Gasteiger partial charge in [0.1, 0.15) is 11.6 Å². The van der Waals surface area contributed by atoms with Gasteiger partial charge in [-0.05, 0) is 31.2 Å². The van der Waals surface area contributed by atoms with E-state index < -0.39 is 11.6 Å². The maximum Gasteiger partial charge on any atom is 0.348 e. The molecule has 27 heavy (non-hydrogen) atoms. The predicted molar refractivity (Wildman–Crippen MR) is 102 cm³/mol. The molecule has 2 aromatic heterocycles. The third kappa shape index (κ3) is 3.40. The van der Waals surface area contributed by atoms with E-state index in [0.717, 1.165) is 17.0 Å². The maximum atomic E-state index is 12.0. The molecule has 3 aromatic rings. The zero-order valence-corrected chi connectivity index (χ0v) is 15.3. The number of likely N-dealkylation sites (tertiary alicyclic amines) is 1. The zero-order chi connectivity index (χ0) is 18.9. The number of para-hydroxylation sites is 1. The number of piperidine rings is 1. The highest BCUT2D eigenvalue weighted by Crippen LogP contribution is 2.30. The molecule has 0 atom stereocenters. The monoisotopic (exact) mass is 365 g/mol. The molecule has 0 unspecified atom stereocenters. The average Bonchev–Trinajstić information content (AvgIpc) is 3.00. The van der Waals surface area contributed by atoms with Gasteiger partial charge in [-0.1, -0.05) is 24.3 Å². The Bertz CT molecular complexity index is 944. The Morgan fingerprint density at radius 1 is 1.15 bits per heavy atom. The number of aliphatic carboxylic acids is 1. The summed E-state index contributed by atoms with van der Waals surface area (Å²) in [6.07, 6.45) is 2.91. The Labute approximate surface area is 158 Å². The molecular formula is C21H23N3O3. The highest BCUT2D eigenvalue weighted by molar-refractivity contribution is 5.78. The molecule has 1 fully saturated rings. The minimum Gasteiger partial charge on any atom is -0.478 e. The molecule has 6 heteroatoms. The minimum absolute atomic E-state index is 0.446. The quantitative estimate of drug-likeness (QED) is 0.752. The fraction of sp³-hybridized carbons (Fsp3) is 0.333. The smallest absolute Gasteiger partial charge is 0.348 e. The number of carboxylic acid groups (broad SMARTS) is 1. The summed E-state index contributed by atoms with van der Waals surface area (Å²) in [6.45, 7) is 4.02. The molecule has 0 amide bonds. The van der Waals surface area contributed by atoms with Gasteiger partial charge in [0.25, 0.3) is 0 Å². The van der Waals surface area contributed by atoms with Crippen molar-refractivity contribution in [3.8, 4) is 5.75 Å². The van der Waals surface area contributed by atoms with Gasteiger partial charge in [0.2, 0.25) is 5.60 Å². The second kappa shape index (κ2) is 7.04. The largest absolute Gasteiger partial charge is 0.478 e. The van der Waals surface area contributed by atoms with Gasteiger partial charge in [-0.15, -0.1) is 0 Å². The highest BCUT2D eigenvalue weighted by atomic mass is 16.5. The molecule has 3 heterocycles. The Morgan fingerprint density at radius 2 is 1.85 bits per heavy atom. The predicted octanol–water partition coefficient (Wildman–Crippen LogP) is 3.14. The fourth-order valence-corrected chi connectivity index (χ4v) is 3.74. The third-order valence-corrected chi connectivity index (χ3v) is 5.28. The van der Waals surface area contributed by atoms with Crippen LogP contribution in [0.25, 0.3) is 5.52 Å². The third-order valence-electron chi connectivity index (χ3n) is 5.28. The van der Waals surface area contributed by atoms with Crippen molar-refractivity contribution < 1.29 is 14.6 Å².